The van der Waals surface area contributed by atoms with Gasteiger partial charge in [0, 0.05) is 6.54 Å². The van der Waals surface area contributed by atoms with Crippen molar-refractivity contribution in [1.29, 1.82) is 0 Å². The molecule has 0 heterocycles. The van der Waals surface area contributed by atoms with Gasteiger partial charge in [0.25, 0.3) is 0 Å². The maximum absolute atomic E-state index is 13.5. The predicted octanol–water partition coefficient (Wildman–Crippen LogP) is 3.66. The number of alkyl halides is 1. The number of carbonyl (C=O) groups excluding carboxylic acids is 1. The van der Waals surface area contributed by atoms with Crippen molar-refractivity contribution in [3.05, 3.63) is 28.8 Å². The summed E-state index contributed by atoms with van der Waals surface area (Å²) in [6.45, 7) is 5.11. The number of hydrogen-bond donors (Lipinski definition) is 2. The lowest BCUT2D eigenvalue weighted by Crippen LogP contribution is -2.27. The first-order valence-electron chi connectivity index (χ1n) is 5.86. The van der Waals surface area contributed by atoms with Gasteiger partial charge in [-0.05, 0) is 38.5 Å². The molecule has 0 aliphatic rings. The maximum atomic E-state index is 13.5. The third-order valence-corrected chi connectivity index (χ3v) is 2.52. The molecule has 1 rings (SSSR count). The van der Waals surface area contributed by atoms with Crippen LogP contribution in [0.15, 0.2) is 18.2 Å². The number of amides is 1. The summed E-state index contributed by atoms with van der Waals surface area (Å²) in [5, 5.41) is 2.79. The molecule has 0 saturated carbocycles. The van der Waals surface area contributed by atoms with Crippen molar-refractivity contribution >= 4 is 23.4 Å². The van der Waals surface area contributed by atoms with Crippen molar-refractivity contribution in [2.75, 3.05) is 11.9 Å². The predicted molar refractivity (Wildman–Crippen MR) is 74.2 cm³/mol. The molecule has 19 heavy (non-hydrogen) atoms. The largest absolute Gasteiger partial charge is 0.444 e. The highest BCUT2D eigenvalue weighted by Gasteiger charge is 2.18. The minimum Gasteiger partial charge on any atom is -0.444 e. The molecule has 0 fully saturated rings. The maximum Gasteiger partial charge on any atom is 0.412 e. The first-order valence-corrected chi connectivity index (χ1v) is 6.24. The van der Waals surface area contributed by atoms with E-state index >= 15 is 0 Å². The summed E-state index contributed by atoms with van der Waals surface area (Å²) in [6.07, 6.45) is -1.94. The molecule has 106 valence electrons. The first kappa shape index (κ1) is 15.7. The fourth-order valence-electron chi connectivity index (χ4n) is 1.38. The Morgan fingerprint density at radius 3 is 2.68 bits per heavy atom. The minimum atomic E-state index is -1.29. The van der Waals surface area contributed by atoms with Crippen molar-refractivity contribution in [2.45, 2.75) is 32.5 Å². The van der Waals surface area contributed by atoms with Crippen LogP contribution in [0.25, 0.3) is 0 Å². The van der Waals surface area contributed by atoms with Gasteiger partial charge in [-0.2, -0.15) is 0 Å². The highest BCUT2D eigenvalue weighted by atomic mass is 35.5. The van der Waals surface area contributed by atoms with Gasteiger partial charge in [0.15, 0.2) is 0 Å². The topological polar surface area (TPSA) is 64.3 Å². The van der Waals surface area contributed by atoms with Crippen LogP contribution >= 0.6 is 11.6 Å². The molecule has 4 nitrogen and oxygen atoms in total. The SMILES string of the molecule is CC(C)(C)OC(=O)Nc1cc(C(F)CN)ccc1Cl. The highest BCUT2D eigenvalue weighted by Crippen LogP contribution is 2.27. The average Bonchev–Trinajstić information content (AvgIpc) is 2.28. The molecule has 1 unspecified atom stereocenters. The zero-order valence-electron chi connectivity index (χ0n) is 11.2. The second-order valence-corrected chi connectivity index (χ2v) is 5.48. The number of nitrogens with one attached hydrogen (secondary N) is 1. The van der Waals surface area contributed by atoms with Crippen LogP contribution in [-0.2, 0) is 4.74 Å². The van der Waals surface area contributed by atoms with Crippen molar-refractivity contribution < 1.29 is 13.9 Å². The van der Waals surface area contributed by atoms with Crippen LogP contribution in [0.5, 0.6) is 0 Å². The van der Waals surface area contributed by atoms with Crippen LogP contribution in [0.3, 0.4) is 0 Å². The molecule has 0 aromatic heterocycles. The van der Waals surface area contributed by atoms with E-state index in [1.54, 1.807) is 20.8 Å². The Bertz CT molecular complexity index is 460. The molecule has 6 heteroatoms. The Kier molecular flexibility index (Phi) is 5.14. The summed E-state index contributed by atoms with van der Waals surface area (Å²) in [6, 6.07) is 4.48. The molecular weight excluding hydrogens is 271 g/mol. The Balaban J connectivity index is 2.85. The number of halogens is 2. The van der Waals surface area contributed by atoms with Crippen molar-refractivity contribution in [2.24, 2.45) is 5.73 Å². The lowest BCUT2D eigenvalue weighted by Gasteiger charge is -2.20. The third kappa shape index (κ3) is 5.04. The standard InChI is InChI=1S/C13H18ClFN2O2/c1-13(2,3)19-12(18)17-11-6-8(10(15)7-16)4-5-9(11)14/h4-6,10H,7,16H2,1-3H3,(H,17,18). The molecular formula is C13H18ClFN2O2. The van der Waals surface area contributed by atoms with Crippen LogP contribution in [0.1, 0.15) is 32.5 Å². The van der Waals surface area contributed by atoms with Gasteiger partial charge in [-0.3, -0.25) is 5.32 Å². The van der Waals surface area contributed by atoms with E-state index < -0.39 is 17.9 Å². The molecule has 0 aliphatic heterocycles. The Labute approximate surface area is 117 Å². The summed E-state index contributed by atoms with van der Waals surface area (Å²) < 4.78 is 18.6. The number of carbonyl (C=O) groups is 1. The van der Waals surface area contributed by atoms with Crippen LogP contribution in [0.4, 0.5) is 14.9 Å². The van der Waals surface area contributed by atoms with Crippen molar-refractivity contribution in [1.82, 2.24) is 0 Å². The van der Waals surface area contributed by atoms with Crippen molar-refractivity contribution in [3.63, 3.8) is 0 Å². The van der Waals surface area contributed by atoms with Gasteiger partial charge >= 0.3 is 6.09 Å². The Morgan fingerprint density at radius 1 is 1.53 bits per heavy atom. The molecule has 1 aromatic rings. The van der Waals surface area contributed by atoms with E-state index in [0.717, 1.165) is 0 Å². The fraction of sp³-hybridized carbons (Fsp3) is 0.462. The molecule has 1 amide bonds. The monoisotopic (exact) mass is 288 g/mol. The van der Waals surface area contributed by atoms with E-state index in [1.807, 2.05) is 0 Å². The number of nitrogens with two attached hydrogens (primary N) is 1. The fourth-order valence-corrected chi connectivity index (χ4v) is 1.55. The van der Waals surface area contributed by atoms with E-state index in [9.17, 15) is 9.18 Å². The highest BCUT2D eigenvalue weighted by molar-refractivity contribution is 6.33. The Hall–Kier alpha value is -1.33. The molecule has 0 bridgehead atoms. The average molecular weight is 289 g/mol. The number of rotatable bonds is 3. The van der Waals surface area contributed by atoms with Gasteiger partial charge in [-0.15, -0.1) is 0 Å². The van der Waals surface area contributed by atoms with Gasteiger partial charge in [-0.1, -0.05) is 17.7 Å². The number of anilines is 1. The van der Waals surface area contributed by atoms with Crippen LogP contribution in [-0.4, -0.2) is 18.2 Å². The lowest BCUT2D eigenvalue weighted by atomic mass is 10.1. The van der Waals surface area contributed by atoms with Crippen molar-refractivity contribution in [3.8, 4) is 0 Å². The summed E-state index contributed by atoms with van der Waals surface area (Å²) in [5.74, 6) is 0. The molecule has 1 aromatic carbocycles. The lowest BCUT2D eigenvalue weighted by molar-refractivity contribution is 0.0636. The summed E-state index contributed by atoms with van der Waals surface area (Å²) in [4.78, 5) is 11.6. The van der Waals surface area contributed by atoms with Gasteiger partial charge in [0.05, 0.1) is 10.7 Å². The molecule has 0 aliphatic carbocycles. The zero-order chi connectivity index (χ0) is 14.6. The minimum absolute atomic E-state index is 0.131. The second-order valence-electron chi connectivity index (χ2n) is 5.07. The van der Waals surface area contributed by atoms with Gasteiger partial charge in [0.2, 0.25) is 0 Å². The molecule has 0 spiro atoms. The van der Waals surface area contributed by atoms with Gasteiger partial charge in [-0.25, -0.2) is 9.18 Å². The second kappa shape index (κ2) is 6.21. The van der Waals surface area contributed by atoms with Crippen LogP contribution < -0.4 is 11.1 Å². The summed E-state index contributed by atoms with van der Waals surface area (Å²) >= 11 is 5.94. The zero-order valence-corrected chi connectivity index (χ0v) is 11.9. The van der Waals surface area contributed by atoms with E-state index in [4.69, 9.17) is 22.1 Å². The number of benzene rings is 1. The van der Waals surface area contributed by atoms with Crippen LogP contribution in [0.2, 0.25) is 5.02 Å². The molecule has 0 saturated heterocycles. The molecule has 3 N–H and O–H groups in total. The number of hydrogen-bond acceptors (Lipinski definition) is 3. The van der Waals surface area contributed by atoms with E-state index in [2.05, 4.69) is 5.32 Å². The van der Waals surface area contributed by atoms with Gasteiger partial charge in [0.1, 0.15) is 11.8 Å². The number of ether oxygens (including phenoxy) is 1. The third-order valence-electron chi connectivity index (χ3n) is 2.19. The molecule has 1 atom stereocenters. The van der Waals surface area contributed by atoms with E-state index in [0.29, 0.717) is 16.3 Å². The van der Waals surface area contributed by atoms with Crippen LogP contribution in [0, 0.1) is 0 Å². The van der Waals surface area contributed by atoms with Gasteiger partial charge < -0.3 is 10.5 Å². The normalized spacial score (nSPS) is 12.9. The quantitative estimate of drug-likeness (QED) is 0.892. The van der Waals surface area contributed by atoms with E-state index in [1.165, 1.54) is 18.2 Å². The first-order chi connectivity index (χ1) is 8.73. The summed E-state index contributed by atoms with van der Waals surface area (Å²) in [5.41, 5.74) is 5.29. The summed E-state index contributed by atoms with van der Waals surface area (Å²) in [7, 11) is 0. The smallest absolute Gasteiger partial charge is 0.412 e. The van der Waals surface area contributed by atoms with E-state index in [-0.39, 0.29) is 6.54 Å². The Morgan fingerprint density at radius 2 is 2.16 bits per heavy atom. The molecule has 0 radical (unpaired) electrons.